The minimum Gasteiger partial charge on any atom is -0.393 e. The summed E-state index contributed by atoms with van der Waals surface area (Å²) in [7, 11) is 0. The summed E-state index contributed by atoms with van der Waals surface area (Å²) in [6, 6.07) is 0. The Balaban J connectivity index is 1.59. The van der Waals surface area contributed by atoms with Crippen molar-refractivity contribution in [2.45, 2.75) is 111 Å². The van der Waals surface area contributed by atoms with Crippen LogP contribution in [0.25, 0.3) is 0 Å². The van der Waals surface area contributed by atoms with Crippen LogP contribution in [0, 0.1) is 40.4 Å². The van der Waals surface area contributed by atoms with E-state index in [1.165, 1.54) is 44.1 Å². The average Bonchev–Trinajstić information content (AvgIpc) is 2.93. The standard InChI is InChI=1S/C27H44O2/c1-17(2)7-6-8-18(3)23-16-24(29)25-21-10-9-19-15-20(28)11-13-26(19,4)22(21)12-14-27(23,25)5/h17-20,22-23,28H,6-16H2,1-5H3/t18-,19+,20-,22+,23-,26+,27-/m1/s1. The quantitative estimate of drug-likeness (QED) is 0.556. The second-order valence-electron chi connectivity index (χ2n) is 12.1. The number of aliphatic hydroxyl groups excluding tert-OH is 1. The molecule has 0 bridgehead atoms. The Morgan fingerprint density at radius 2 is 1.83 bits per heavy atom. The van der Waals surface area contributed by atoms with Crippen molar-refractivity contribution in [1.29, 1.82) is 0 Å². The zero-order valence-corrected chi connectivity index (χ0v) is 19.6. The maximum atomic E-state index is 13.4. The van der Waals surface area contributed by atoms with E-state index >= 15 is 0 Å². The minimum atomic E-state index is -0.0969. The van der Waals surface area contributed by atoms with Crippen molar-refractivity contribution in [1.82, 2.24) is 0 Å². The first-order valence-corrected chi connectivity index (χ1v) is 12.6. The first-order chi connectivity index (χ1) is 13.7. The fourth-order valence-corrected chi connectivity index (χ4v) is 8.22. The van der Waals surface area contributed by atoms with Gasteiger partial charge in [0.1, 0.15) is 0 Å². The Morgan fingerprint density at radius 3 is 2.55 bits per heavy atom. The van der Waals surface area contributed by atoms with E-state index in [1.54, 1.807) is 5.57 Å². The molecular formula is C27H44O2. The molecule has 0 heterocycles. The number of carbonyl (C=O) groups is 1. The lowest BCUT2D eigenvalue weighted by atomic mass is 9.48. The van der Waals surface area contributed by atoms with Gasteiger partial charge < -0.3 is 5.11 Å². The molecule has 4 aliphatic carbocycles. The van der Waals surface area contributed by atoms with E-state index in [0.29, 0.717) is 34.9 Å². The predicted molar refractivity (Wildman–Crippen MR) is 120 cm³/mol. The van der Waals surface area contributed by atoms with Crippen molar-refractivity contribution >= 4 is 5.78 Å². The first kappa shape index (κ1) is 21.6. The molecule has 0 aromatic carbocycles. The third-order valence-electron chi connectivity index (χ3n) is 9.96. The van der Waals surface area contributed by atoms with Gasteiger partial charge in [-0.1, -0.05) is 59.5 Å². The minimum absolute atomic E-state index is 0.0969. The van der Waals surface area contributed by atoms with E-state index in [-0.39, 0.29) is 11.5 Å². The summed E-state index contributed by atoms with van der Waals surface area (Å²) in [6.45, 7) is 12.0. The number of hydrogen-bond acceptors (Lipinski definition) is 2. The van der Waals surface area contributed by atoms with Crippen molar-refractivity contribution in [3.8, 4) is 0 Å². The number of fused-ring (bicyclic) bond motifs is 4. The average molecular weight is 401 g/mol. The molecular weight excluding hydrogens is 356 g/mol. The highest BCUT2D eigenvalue weighted by Gasteiger charge is 2.57. The molecule has 3 fully saturated rings. The van der Waals surface area contributed by atoms with Gasteiger partial charge in [-0.2, -0.15) is 0 Å². The number of ketones is 1. The van der Waals surface area contributed by atoms with E-state index in [4.69, 9.17) is 0 Å². The first-order valence-electron chi connectivity index (χ1n) is 12.6. The van der Waals surface area contributed by atoms with E-state index < -0.39 is 0 Å². The van der Waals surface area contributed by atoms with Crippen LogP contribution in [0.4, 0.5) is 0 Å². The summed E-state index contributed by atoms with van der Waals surface area (Å²) in [5, 5.41) is 10.2. The van der Waals surface area contributed by atoms with Gasteiger partial charge in [0.2, 0.25) is 0 Å². The number of rotatable bonds is 5. The highest BCUT2D eigenvalue weighted by molar-refractivity contribution is 6.00. The molecule has 0 unspecified atom stereocenters. The zero-order valence-electron chi connectivity index (χ0n) is 19.6. The fourth-order valence-electron chi connectivity index (χ4n) is 8.22. The van der Waals surface area contributed by atoms with Crippen LogP contribution >= 0.6 is 0 Å². The SMILES string of the molecule is CC(C)CCC[C@@H](C)[C@H]1CC(=O)C2=C3CC[C@H]4C[C@H](O)CC[C@]4(C)[C@H]3CC[C@@]21C. The third kappa shape index (κ3) is 3.56. The molecule has 0 saturated heterocycles. The van der Waals surface area contributed by atoms with Gasteiger partial charge in [-0.25, -0.2) is 0 Å². The highest BCUT2D eigenvalue weighted by atomic mass is 16.3. The van der Waals surface area contributed by atoms with Crippen molar-refractivity contribution in [3.05, 3.63) is 11.1 Å². The number of Topliss-reactive ketones (excluding diaryl/α,β-unsaturated/α-hetero) is 1. The number of hydrogen-bond donors (Lipinski definition) is 1. The lowest BCUT2D eigenvalue weighted by Gasteiger charge is -2.56. The molecule has 2 heteroatoms. The third-order valence-corrected chi connectivity index (χ3v) is 9.96. The summed E-state index contributed by atoms with van der Waals surface area (Å²) >= 11 is 0. The largest absolute Gasteiger partial charge is 0.393 e. The van der Waals surface area contributed by atoms with Crippen LogP contribution in [0.3, 0.4) is 0 Å². The van der Waals surface area contributed by atoms with Gasteiger partial charge in [-0.05, 0) is 85.4 Å². The number of carbonyl (C=O) groups excluding carboxylic acids is 1. The Kier molecular flexibility index (Phi) is 5.82. The van der Waals surface area contributed by atoms with E-state index in [1.807, 2.05) is 0 Å². The van der Waals surface area contributed by atoms with Crippen LogP contribution in [0.1, 0.15) is 105 Å². The van der Waals surface area contributed by atoms with Crippen molar-refractivity contribution < 1.29 is 9.90 Å². The predicted octanol–water partition coefficient (Wildman–Crippen LogP) is 6.71. The van der Waals surface area contributed by atoms with Gasteiger partial charge in [0.25, 0.3) is 0 Å². The lowest BCUT2D eigenvalue weighted by molar-refractivity contribution is -0.115. The molecule has 164 valence electrons. The molecule has 2 nitrogen and oxygen atoms in total. The summed E-state index contributed by atoms with van der Waals surface area (Å²) < 4.78 is 0. The van der Waals surface area contributed by atoms with Crippen molar-refractivity contribution in [2.24, 2.45) is 40.4 Å². The van der Waals surface area contributed by atoms with E-state index in [0.717, 1.165) is 38.0 Å². The van der Waals surface area contributed by atoms with Gasteiger partial charge in [0, 0.05) is 12.0 Å². The van der Waals surface area contributed by atoms with Gasteiger partial charge >= 0.3 is 0 Å². The molecule has 1 N–H and O–H groups in total. The summed E-state index contributed by atoms with van der Waals surface area (Å²) in [5.41, 5.74) is 3.29. The molecule has 4 aliphatic rings. The van der Waals surface area contributed by atoms with Crippen LogP contribution in [-0.2, 0) is 4.79 Å². The van der Waals surface area contributed by atoms with Gasteiger partial charge in [0.15, 0.2) is 5.78 Å². The smallest absolute Gasteiger partial charge is 0.159 e. The number of allylic oxidation sites excluding steroid dienone is 2. The molecule has 0 spiro atoms. The molecule has 7 atom stereocenters. The van der Waals surface area contributed by atoms with Crippen LogP contribution in [0.2, 0.25) is 0 Å². The lowest BCUT2D eigenvalue weighted by Crippen LogP contribution is -2.48. The second kappa shape index (κ2) is 7.81. The summed E-state index contributed by atoms with van der Waals surface area (Å²) in [6.07, 6.45) is 12.4. The van der Waals surface area contributed by atoms with Gasteiger partial charge in [0.05, 0.1) is 6.10 Å². The van der Waals surface area contributed by atoms with Crippen LogP contribution in [-0.4, -0.2) is 17.0 Å². The van der Waals surface area contributed by atoms with Crippen LogP contribution < -0.4 is 0 Å². The second-order valence-corrected chi connectivity index (χ2v) is 12.1. The maximum Gasteiger partial charge on any atom is 0.159 e. The van der Waals surface area contributed by atoms with Gasteiger partial charge in [-0.15, -0.1) is 0 Å². The molecule has 0 radical (unpaired) electrons. The molecule has 0 aromatic heterocycles. The normalized spacial score (nSPS) is 43.2. The van der Waals surface area contributed by atoms with Crippen molar-refractivity contribution in [3.63, 3.8) is 0 Å². The van der Waals surface area contributed by atoms with Gasteiger partial charge in [-0.3, -0.25) is 4.79 Å². The Morgan fingerprint density at radius 1 is 1.07 bits per heavy atom. The molecule has 0 aromatic rings. The van der Waals surface area contributed by atoms with Crippen LogP contribution in [0.15, 0.2) is 11.1 Å². The molecule has 3 saturated carbocycles. The molecule has 29 heavy (non-hydrogen) atoms. The summed E-state index contributed by atoms with van der Waals surface area (Å²) in [4.78, 5) is 13.4. The monoisotopic (exact) mass is 400 g/mol. The van der Waals surface area contributed by atoms with Crippen LogP contribution in [0.5, 0.6) is 0 Å². The fraction of sp³-hybridized carbons (Fsp3) is 0.889. The summed E-state index contributed by atoms with van der Waals surface area (Å²) in [5.74, 6) is 3.70. The number of aliphatic hydroxyl groups is 1. The Labute approximate surface area is 178 Å². The topological polar surface area (TPSA) is 37.3 Å². The zero-order chi connectivity index (χ0) is 21.0. The highest BCUT2D eigenvalue weighted by Crippen LogP contribution is 2.65. The maximum absolute atomic E-state index is 13.4. The van der Waals surface area contributed by atoms with Crippen molar-refractivity contribution in [2.75, 3.05) is 0 Å². The molecule has 0 aliphatic heterocycles. The molecule has 4 rings (SSSR count). The Hall–Kier alpha value is -0.630. The van der Waals surface area contributed by atoms with E-state index in [2.05, 4.69) is 34.6 Å². The Bertz CT molecular complexity index is 676. The molecule has 0 amide bonds. The van der Waals surface area contributed by atoms with E-state index in [9.17, 15) is 9.90 Å².